The molecule has 2 amide bonds. The number of carbonyl (C=O) groups excluding carboxylic acids is 2. The van der Waals surface area contributed by atoms with Gasteiger partial charge in [-0.3, -0.25) is 19.6 Å². The summed E-state index contributed by atoms with van der Waals surface area (Å²) in [6, 6.07) is 14.7. The molecule has 2 aromatic carbocycles. The molecule has 0 radical (unpaired) electrons. The van der Waals surface area contributed by atoms with Crippen molar-refractivity contribution in [2.75, 3.05) is 45.2 Å². The number of anilines is 1. The Hall–Kier alpha value is -4.48. The molecule has 0 saturated carbocycles. The molecule has 216 valence electrons. The number of methoxy groups -OCH3 is 1. The van der Waals surface area contributed by atoms with Gasteiger partial charge in [0.1, 0.15) is 11.5 Å². The topological polar surface area (TPSA) is 103 Å². The molecule has 2 aromatic heterocycles. The number of pyridine rings is 1. The van der Waals surface area contributed by atoms with Crippen molar-refractivity contribution in [3.05, 3.63) is 84.2 Å². The Morgan fingerprint density at radius 1 is 1.10 bits per heavy atom. The Morgan fingerprint density at radius 3 is 2.71 bits per heavy atom. The molecule has 9 nitrogen and oxygen atoms in total. The average Bonchev–Trinajstić information content (AvgIpc) is 3.62. The zero-order chi connectivity index (χ0) is 29.3. The third-order valence-electron chi connectivity index (χ3n) is 8.05. The van der Waals surface area contributed by atoms with Crippen molar-refractivity contribution in [1.29, 1.82) is 0 Å². The number of likely N-dealkylation sites (tertiary alicyclic amines) is 1. The van der Waals surface area contributed by atoms with Crippen LogP contribution in [0.3, 0.4) is 0 Å². The van der Waals surface area contributed by atoms with E-state index in [0.717, 1.165) is 22.0 Å². The van der Waals surface area contributed by atoms with Crippen LogP contribution in [0.5, 0.6) is 0 Å². The van der Waals surface area contributed by atoms with Crippen molar-refractivity contribution in [2.45, 2.75) is 18.4 Å². The van der Waals surface area contributed by atoms with Crippen LogP contribution in [0.4, 0.5) is 14.5 Å². The minimum absolute atomic E-state index is 0.0231. The van der Waals surface area contributed by atoms with Crippen LogP contribution in [0, 0.1) is 11.8 Å². The van der Waals surface area contributed by atoms with Gasteiger partial charge in [-0.1, -0.05) is 18.2 Å². The quantitative estimate of drug-likeness (QED) is 0.321. The fourth-order valence-electron chi connectivity index (χ4n) is 5.65. The van der Waals surface area contributed by atoms with E-state index in [1.165, 1.54) is 31.5 Å². The first kappa shape index (κ1) is 27.7. The van der Waals surface area contributed by atoms with E-state index in [1.54, 1.807) is 29.2 Å². The van der Waals surface area contributed by atoms with Crippen LogP contribution in [-0.2, 0) is 14.3 Å². The van der Waals surface area contributed by atoms with Gasteiger partial charge in [-0.15, -0.1) is 0 Å². The van der Waals surface area contributed by atoms with Crippen molar-refractivity contribution in [3.63, 3.8) is 0 Å². The van der Waals surface area contributed by atoms with Gasteiger partial charge in [0.05, 0.1) is 12.1 Å². The van der Waals surface area contributed by atoms with Gasteiger partial charge >= 0.3 is 0 Å². The highest BCUT2D eigenvalue weighted by molar-refractivity contribution is 6.01. The fraction of sp³-hybridized carbons (Fsp3) is 0.290. The molecule has 0 unspecified atom stereocenters. The van der Waals surface area contributed by atoms with Gasteiger partial charge in [0, 0.05) is 56.1 Å². The number of nitrogens with one attached hydrogen (secondary N) is 2. The molecule has 2 N–H and O–H groups in total. The van der Waals surface area contributed by atoms with E-state index < -0.39 is 11.5 Å². The van der Waals surface area contributed by atoms with Gasteiger partial charge < -0.3 is 15.0 Å². The van der Waals surface area contributed by atoms with E-state index in [1.807, 2.05) is 23.1 Å². The van der Waals surface area contributed by atoms with Gasteiger partial charge in [0.2, 0.25) is 11.9 Å². The SMILES string of the molecule is CO[C@@]1(C(=O)Nc2ccc3[nH]nc(-c4ccc(F)nc4)c3c2)CCN(CC(=O)N2CC=C(c3cccc(F)c3)CC2)C1. The maximum absolute atomic E-state index is 13.6. The van der Waals surface area contributed by atoms with Crippen LogP contribution >= 0.6 is 0 Å². The van der Waals surface area contributed by atoms with Crippen LogP contribution in [0.25, 0.3) is 27.7 Å². The predicted molar refractivity (Wildman–Crippen MR) is 154 cm³/mol. The molecule has 1 fully saturated rings. The number of ether oxygens (including phenoxy) is 1. The van der Waals surface area contributed by atoms with Crippen LogP contribution < -0.4 is 5.32 Å². The van der Waals surface area contributed by atoms with Gasteiger partial charge in [0.15, 0.2) is 5.60 Å². The Balaban J connectivity index is 1.09. The molecule has 0 bridgehead atoms. The first-order valence-corrected chi connectivity index (χ1v) is 13.8. The number of carbonyl (C=O) groups is 2. The van der Waals surface area contributed by atoms with Crippen LogP contribution in [0.1, 0.15) is 18.4 Å². The number of aromatic amines is 1. The molecule has 4 heterocycles. The van der Waals surface area contributed by atoms with Gasteiger partial charge in [-0.25, -0.2) is 9.37 Å². The molecular weight excluding hydrogens is 542 g/mol. The largest absolute Gasteiger partial charge is 0.367 e. The molecule has 0 aliphatic carbocycles. The van der Waals surface area contributed by atoms with E-state index in [0.29, 0.717) is 49.4 Å². The lowest BCUT2D eigenvalue weighted by molar-refractivity contribution is -0.138. The number of nitrogens with zero attached hydrogens (tertiary/aromatic N) is 4. The van der Waals surface area contributed by atoms with Crippen molar-refractivity contribution < 1.29 is 23.1 Å². The number of amides is 2. The molecule has 2 aliphatic rings. The van der Waals surface area contributed by atoms with E-state index in [4.69, 9.17) is 4.74 Å². The second-order valence-electron chi connectivity index (χ2n) is 10.6. The number of H-pyrrole nitrogens is 1. The zero-order valence-corrected chi connectivity index (χ0v) is 23.1. The maximum Gasteiger partial charge on any atom is 0.258 e. The predicted octanol–water partition coefficient (Wildman–Crippen LogP) is 4.25. The van der Waals surface area contributed by atoms with Gasteiger partial charge in [-0.05, 0) is 66.4 Å². The fourth-order valence-corrected chi connectivity index (χ4v) is 5.65. The molecule has 1 saturated heterocycles. The molecule has 0 spiro atoms. The average molecular weight is 573 g/mol. The third-order valence-corrected chi connectivity index (χ3v) is 8.05. The van der Waals surface area contributed by atoms with Crippen molar-refractivity contribution in [1.82, 2.24) is 25.0 Å². The second-order valence-corrected chi connectivity index (χ2v) is 10.6. The maximum atomic E-state index is 13.6. The first-order chi connectivity index (χ1) is 20.3. The smallest absolute Gasteiger partial charge is 0.258 e. The minimum atomic E-state index is -1.11. The lowest BCUT2D eigenvalue weighted by atomic mass is 9.99. The Bertz CT molecular complexity index is 1670. The number of hydrogen-bond donors (Lipinski definition) is 2. The number of rotatable bonds is 7. The highest BCUT2D eigenvalue weighted by Gasteiger charge is 2.45. The summed E-state index contributed by atoms with van der Waals surface area (Å²) in [5.74, 6) is -1.18. The molecule has 42 heavy (non-hydrogen) atoms. The van der Waals surface area contributed by atoms with Gasteiger partial charge in [-0.2, -0.15) is 9.49 Å². The second kappa shape index (κ2) is 11.4. The summed E-state index contributed by atoms with van der Waals surface area (Å²) in [5, 5.41) is 11.0. The Kier molecular flexibility index (Phi) is 7.53. The van der Waals surface area contributed by atoms with E-state index in [-0.39, 0.29) is 30.7 Å². The summed E-state index contributed by atoms with van der Waals surface area (Å²) in [5.41, 5.74) is 3.32. The Labute approximate surface area is 241 Å². The number of benzene rings is 2. The number of hydrogen-bond acceptors (Lipinski definition) is 6. The summed E-state index contributed by atoms with van der Waals surface area (Å²) < 4.78 is 32.7. The van der Waals surface area contributed by atoms with Crippen LogP contribution in [-0.4, -0.2) is 82.2 Å². The third kappa shape index (κ3) is 5.53. The van der Waals surface area contributed by atoms with Crippen molar-refractivity contribution in [2.24, 2.45) is 0 Å². The van der Waals surface area contributed by atoms with E-state index in [2.05, 4.69) is 20.5 Å². The summed E-state index contributed by atoms with van der Waals surface area (Å²) in [7, 11) is 1.51. The highest BCUT2D eigenvalue weighted by Crippen LogP contribution is 2.31. The van der Waals surface area contributed by atoms with Gasteiger partial charge in [0.25, 0.3) is 5.91 Å². The molecule has 4 aromatic rings. The molecule has 1 atom stereocenters. The Morgan fingerprint density at radius 2 is 1.98 bits per heavy atom. The van der Waals surface area contributed by atoms with E-state index >= 15 is 0 Å². The summed E-state index contributed by atoms with van der Waals surface area (Å²) in [4.78, 5) is 34.0. The van der Waals surface area contributed by atoms with Crippen molar-refractivity contribution >= 4 is 34.0 Å². The van der Waals surface area contributed by atoms with Crippen LogP contribution in [0.2, 0.25) is 0 Å². The summed E-state index contributed by atoms with van der Waals surface area (Å²) in [6.07, 6.45) is 4.47. The zero-order valence-electron chi connectivity index (χ0n) is 23.1. The first-order valence-electron chi connectivity index (χ1n) is 13.8. The molecule has 6 rings (SSSR count). The highest BCUT2D eigenvalue weighted by atomic mass is 19.1. The lowest BCUT2D eigenvalue weighted by Crippen LogP contribution is -2.48. The number of aromatic nitrogens is 3. The van der Waals surface area contributed by atoms with E-state index in [9.17, 15) is 18.4 Å². The molecular formula is C31H30F2N6O3. The number of halogens is 2. The monoisotopic (exact) mass is 572 g/mol. The summed E-state index contributed by atoms with van der Waals surface area (Å²) in [6.45, 7) is 2.00. The normalized spacial score (nSPS) is 19.2. The summed E-state index contributed by atoms with van der Waals surface area (Å²) >= 11 is 0. The minimum Gasteiger partial charge on any atom is -0.367 e. The molecule has 11 heteroatoms. The number of fused-ring (bicyclic) bond motifs is 1. The lowest BCUT2D eigenvalue weighted by Gasteiger charge is -2.30. The standard InChI is InChI=1S/C31H30F2N6O3/c1-42-31(30(41)35-24-6-7-26-25(16-24)29(37-36-26)22-5-8-27(33)34-17-22)11-14-38(19-31)18-28(40)39-12-9-20(10-13-39)21-3-2-4-23(32)15-21/h2-9,15-17H,10-14,18-19H2,1H3,(H,35,41)(H,36,37)/t31-/m0/s1. The van der Waals surface area contributed by atoms with Crippen molar-refractivity contribution in [3.8, 4) is 11.3 Å². The van der Waals surface area contributed by atoms with Crippen LogP contribution in [0.15, 0.2) is 66.9 Å². The molecule has 2 aliphatic heterocycles.